The zero-order valence-corrected chi connectivity index (χ0v) is 12.3. The lowest BCUT2D eigenvalue weighted by molar-refractivity contribution is -0.384. The Morgan fingerprint density at radius 2 is 1.91 bits per heavy atom. The highest BCUT2D eigenvalue weighted by Gasteiger charge is 2.24. The standard InChI is InChI=1S/C16H13N3O4/c1-18-14-7-4-12(8-11(14)9-15(18)20)17-16(21)10-2-5-13(6-3-10)19(22)23/h2-8H,9H2,1H3,(H,17,21). The van der Waals surface area contributed by atoms with Gasteiger partial charge in [-0.3, -0.25) is 19.7 Å². The lowest BCUT2D eigenvalue weighted by Crippen LogP contribution is -2.20. The van der Waals surface area contributed by atoms with Crippen LogP contribution in [-0.2, 0) is 11.2 Å². The number of benzene rings is 2. The lowest BCUT2D eigenvalue weighted by Gasteiger charge is -2.11. The Hall–Kier alpha value is -3.22. The van der Waals surface area contributed by atoms with E-state index in [0.717, 1.165) is 11.3 Å². The zero-order chi connectivity index (χ0) is 16.6. The topological polar surface area (TPSA) is 92.6 Å². The van der Waals surface area contributed by atoms with Gasteiger partial charge in [0.05, 0.1) is 11.3 Å². The number of amides is 2. The van der Waals surface area contributed by atoms with Crippen LogP contribution in [0.4, 0.5) is 17.1 Å². The van der Waals surface area contributed by atoms with Gasteiger partial charge in [0, 0.05) is 36.1 Å². The van der Waals surface area contributed by atoms with Crippen molar-refractivity contribution >= 4 is 28.9 Å². The molecular weight excluding hydrogens is 298 g/mol. The Balaban J connectivity index is 1.77. The Bertz CT molecular complexity index is 815. The number of nitrogens with one attached hydrogen (secondary N) is 1. The van der Waals surface area contributed by atoms with Crippen molar-refractivity contribution in [2.75, 3.05) is 17.3 Å². The molecule has 0 spiro atoms. The van der Waals surface area contributed by atoms with Crippen molar-refractivity contribution in [1.29, 1.82) is 0 Å². The third kappa shape index (κ3) is 2.76. The van der Waals surface area contributed by atoms with Gasteiger partial charge < -0.3 is 10.2 Å². The second-order valence-corrected chi connectivity index (χ2v) is 5.23. The number of hydrogen-bond acceptors (Lipinski definition) is 4. The summed E-state index contributed by atoms with van der Waals surface area (Å²) in [6, 6.07) is 10.6. The van der Waals surface area contributed by atoms with Crippen LogP contribution >= 0.6 is 0 Å². The molecule has 0 fully saturated rings. The van der Waals surface area contributed by atoms with Gasteiger partial charge in [-0.25, -0.2) is 0 Å². The minimum Gasteiger partial charge on any atom is -0.322 e. The molecule has 7 nitrogen and oxygen atoms in total. The van der Waals surface area contributed by atoms with Crippen LogP contribution < -0.4 is 10.2 Å². The van der Waals surface area contributed by atoms with Crippen molar-refractivity contribution in [3.63, 3.8) is 0 Å². The molecule has 0 saturated heterocycles. The van der Waals surface area contributed by atoms with E-state index in [9.17, 15) is 19.7 Å². The summed E-state index contributed by atoms with van der Waals surface area (Å²) in [6.45, 7) is 0. The minimum atomic E-state index is -0.518. The fourth-order valence-electron chi connectivity index (χ4n) is 2.49. The summed E-state index contributed by atoms with van der Waals surface area (Å²) in [4.78, 5) is 35.5. The third-order valence-corrected chi connectivity index (χ3v) is 3.75. The molecule has 1 heterocycles. The van der Waals surface area contributed by atoms with E-state index in [1.165, 1.54) is 24.3 Å². The van der Waals surface area contributed by atoms with E-state index in [0.29, 0.717) is 17.7 Å². The molecule has 0 saturated carbocycles. The summed E-state index contributed by atoms with van der Waals surface area (Å²) in [5.74, 6) is -0.351. The number of nitro benzene ring substituents is 1. The number of rotatable bonds is 3. The van der Waals surface area contributed by atoms with E-state index in [1.54, 1.807) is 30.1 Å². The number of non-ortho nitro benzene ring substituents is 1. The second-order valence-electron chi connectivity index (χ2n) is 5.23. The van der Waals surface area contributed by atoms with Crippen molar-refractivity contribution < 1.29 is 14.5 Å². The second kappa shape index (κ2) is 5.53. The van der Waals surface area contributed by atoms with E-state index in [4.69, 9.17) is 0 Å². The molecule has 2 amide bonds. The molecule has 23 heavy (non-hydrogen) atoms. The van der Waals surface area contributed by atoms with Crippen LogP contribution in [0.5, 0.6) is 0 Å². The van der Waals surface area contributed by atoms with Crippen LogP contribution in [0.25, 0.3) is 0 Å². The Morgan fingerprint density at radius 1 is 1.22 bits per heavy atom. The van der Waals surface area contributed by atoms with Crippen molar-refractivity contribution in [2.24, 2.45) is 0 Å². The van der Waals surface area contributed by atoms with Gasteiger partial charge >= 0.3 is 0 Å². The highest BCUT2D eigenvalue weighted by molar-refractivity contribution is 6.05. The van der Waals surface area contributed by atoms with Crippen LogP contribution in [-0.4, -0.2) is 23.8 Å². The van der Waals surface area contributed by atoms with E-state index >= 15 is 0 Å². The fraction of sp³-hybridized carbons (Fsp3) is 0.125. The third-order valence-electron chi connectivity index (χ3n) is 3.75. The molecule has 0 bridgehead atoms. The predicted octanol–water partition coefficient (Wildman–Crippen LogP) is 2.37. The molecule has 0 radical (unpaired) electrons. The number of likely N-dealkylation sites (N-methyl/N-ethyl adjacent to an activating group) is 1. The van der Waals surface area contributed by atoms with Crippen LogP contribution in [0.1, 0.15) is 15.9 Å². The Morgan fingerprint density at radius 3 is 2.57 bits per heavy atom. The van der Waals surface area contributed by atoms with Gasteiger partial charge in [-0.2, -0.15) is 0 Å². The normalized spacial score (nSPS) is 12.9. The number of anilines is 2. The molecule has 0 unspecified atom stereocenters. The maximum atomic E-state index is 12.2. The van der Waals surface area contributed by atoms with E-state index in [2.05, 4.69) is 5.32 Å². The summed E-state index contributed by atoms with van der Waals surface area (Å²) < 4.78 is 0. The van der Waals surface area contributed by atoms with Crippen molar-refractivity contribution in [2.45, 2.75) is 6.42 Å². The predicted molar refractivity (Wildman–Crippen MR) is 84.6 cm³/mol. The highest BCUT2D eigenvalue weighted by atomic mass is 16.6. The number of carbonyl (C=O) groups excluding carboxylic acids is 2. The maximum Gasteiger partial charge on any atom is 0.269 e. The van der Waals surface area contributed by atoms with Crippen molar-refractivity contribution in [3.05, 3.63) is 63.7 Å². The van der Waals surface area contributed by atoms with Crippen LogP contribution in [0.3, 0.4) is 0 Å². The quantitative estimate of drug-likeness (QED) is 0.695. The summed E-state index contributed by atoms with van der Waals surface area (Å²) in [5.41, 5.74) is 2.53. The smallest absolute Gasteiger partial charge is 0.269 e. The number of nitrogens with zero attached hydrogens (tertiary/aromatic N) is 2. The van der Waals surface area contributed by atoms with Gasteiger partial charge in [0.1, 0.15) is 0 Å². The number of hydrogen-bond donors (Lipinski definition) is 1. The monoisotopic (exact) mass is 311 g/mol. The van der Waals surface area contributed by atoms with Crippen LogP contribution in [0.2, 0.25) is 0 Å². The van der Waals surface area contributed by atoms with Gasteiger partial charge in [-0.1, -0.05) is 0 Å². The zero-order valence-electron chi connectivity index (χ0n) is 12.3. The molecule has 7 heteroatoms. The molecule has 0 aromatic heterocycles. The molecule has 0 atom stereocenters. The van der Waals surface area contributed by atoms with Gasteiger partial charge in [-0.15, -0.1) is 0 Å². The number of fused-ring (bicyclic) bond motifs is 1. The summed E-state index contributed by atoms with van der Waals surface area (Å²) in [5, 5.41) is 13.3. The first kappa shape index (κ1) is 14.7. The van der Waals surface area contributed by atoms with Gasteiger partial charge in [0.25, 0.3) is 11.6 Å². The average Bonchev–Trinajstić information content (AvgIpc) is 2.81. The lowest BCUT2D eigenvalue weighted by atomic mass is 10.1. The van der Waals surface area contributed by atoms with E-state index in [-0.39, 0.29) is 17.5 Å². The van der Waals surface area contributed by atoms with E-state index in [1.807, 2.05) is 0 Å². The molecular formula is C16H13N3O4. The van der Waals surface area contributed by atoms with Gasteiger partial charge in [0.15, 0.2) is 0 Å². The largest absolute Gasteiger partial charge is 0.322 e. The van der Waals surface area contributed by atoms with Crippen molar-refractivity contribution in [1.82, 2.24) is 0 Å². The first-order valence-corrected chi connectivity index (χ1v) is 6.91. The molecule has 0 aliphatic carbocycles. The molecule has 1 aliphatic rings. The van der Waals surface area contributed by atoms with Crippen molar-refractivity contribution in [3.8, 4) is 0 Å². The maximum absolute atomic E-state index is 12.2. The molecule has 116 valence electrons. The van der Waals surface area contributed by atoms with E-state index < -0.39 is 4.92 Å². The molecule has 2 aromatic rings. The SMILES string of the molecule is CN1C(=O)Cc2cc(NC(=O)c3ccc([N+](=O)[O-])cc3)ccc21. The molecule has 2 aromatic carbocycles. The van der Waals surface area contributed by atoms with Gasteiger partial charge in [-0.05, 0) is 35.9 Å². The molecule has 1 aliphatic heterocycles. The fourth-order valence-corrected chi connectivity index (χ4v) is 2.49. The molecule has 1 N–H and O–H groups in total. The Labute approximate surface area is 131 Å². The first-order chi connectivity index (χ1) is 11.0. The highest BCUT2D eigenvalue weighted by Crippen LogP contribution is 2.30. The summed E-state index contributed by atoms with van der Waals surface area (Å²) in [7, 11) is 1.71. The van der Waals surface area contributed by atoms with Gasteiger partial charge in [0.2, 0.25) is 5.91 Å². The number of carbonyl (C=O) groups is 2. The van der Waals surface area contributed by atoms with Crippen LogP contribution in [0, 0.1) is 10.1 Å². The minimum absolute atomic E-state index is 0.0128. The molecule has 3 rings (SSSR count). The summed E-state index contributed by atoms with van der Waals surface area (Å²) >= 11 is 0. The first-order valence-electron chi connectivity index (χ1n) is 6.91. The summed E-state index contributed by atoms with van der Waals surface area (Å²) in [6.07, 6.45) is 0.313. The Kier molecular flexibility index (Phi) is 3.53. The average molecular weight is 311 g/mol. The van der Waals surface area contributed by atoms with Crippen LogP contribution in [0.15, 0.2) is 42.5 Å². The number of nitro groups is 1.